The van der Waals surface area contributed by atoms with E-state index >= 15 is 0 Å². The van der Waals surface area contributed by atoms with Crippen LogP contribution < -0.4 is 0 Å². The fraction of sp³-hybridized carbons (Fsp3) is 0.235. The maximum absolute atomic E-state index is 12.3. The van der Waals surface area contributed by atoms with Crippen molar-refractivity contribution in [3.05, 3.63) is 54.1 Å². The minimum absolute atomic E-state index is 0.00455. The Balaban J connectivity index is 2.27. The summed E-state index contributed by atoms with van der Waals surface area (Å²) < 4.78 is 25.6. The molecule has 0 aromatic heterocycles. The normalized spacial score (nSPS) is 11.7. The lowest BCUT2D eigenvalue weighted by Gasteiger charge is -2.16. The minimum atomic E-state index is -3.59. The highest BCUT2D eigenvalue weighted by Gasteiger charge is 2.19. The minimum Gasteiger partial charge on any atom is -0.395 e. The Bertz CT molecular complexity index is 780. The number of likely N-dealkylation sites (N-methyl/N-ethyl adjacent to an activating group) is 1. The van der Waals surface area contributed by atoms with Gasteiger partial charge in [0.05, 0.1) is 11.5 Å². The van der Waals surface area contributed by atoms with Crippen LogP contribution in [0.3, 0.4) is 0 Å². The van der Waals surface area contributed by atoms with Crippen LogP contribution >= 0.6 is 0 Å². The van der Waals surface area contributed by atoms with E-state index in [4.69, 9.17) is 5.11 Å². The van der Waals surface area contributed by atoms with Gasteiger partial charge in [-0.05, 0) is 30.2 Å². The van der Waals surface area contributed by atoms with Crippen molar-refractivity contribution in [3.63, 3.8) is 0 Å². The predicted octanol–water partition coefficient (Wildman–Crippen LogP) is 2.17. The number of ketones is 1. The van der Waals surface area contributed by atoms with Gasteiger partial charge in [-0.1, -0.05) is 36.4 Å². The number of Topliss-reactive ketones (excluding diaryl/α,β-unsaturated/α-hetero) is 1. The molecule has 2 aromatic rings. The molecule has 0 heterocycles. The summed E-state index contributed by atoms with van der Waals surface area (Å²) in [4.78, 5) is 11.5. The molecule has 2 rings (SSSR count). The van der Waals surface area contributed by atoms with Gasteiger partial charge in [0.15, 0.2) is 5.78 Å². The highest BCUT2D eigenvalue weighted by molar-refractivity contribution is 7.89. The van der Waals surface area contributed by atoms with Gasteiger partial charge < -0.3 is 5.11 Å². The van der Waals surface area contributed by atoms with Crippen LogP contribution in [-0.2, 0) is 10.0 Å². The summed E-state index contributed by atoms with van der Waals surface area (Å²) >= 11 is 0. The molecule has 0 bridgehead atoms. The maximum Gasteiger partial charge on any atom is 0.242 e. The number of hydrogen-bond acceptors (Lipinski definition) is 4. The molecule has 0 amide bonds. The number of aliphatic hydroxyl groups excluding tert-OH is 1. The second-order valence-electron chi connectivity index (χ2n) is 5.21. The maximum atomic E-state index is 12.3. The second-order valence-corrected chi connectivity index (χ2v) is 7.25. The van der Waals surface area contributed by atoms with E-state index in [9.17, 15) is 13.2 Å². The molecule has 122 valence electrons. The monoisotopic (exact) mass is 333 g/mol. The predicted molar refractivity (Wildman–Crippen MR) is 88.8 cm³/mol. The first-order valence-corrected chi connectivity index (χ1v) is 8.59. The van der Waals surface area contributed by atoms with Crippen LogP contribution in [0.15, 0.2) is 53.4 Å². The van der Waals surface area contributed by atoms with Crippen LogP contribution in [-0.4, -0.2) is 43.8 Å². The molecule has 0 aliphatic heterocycles. The van der Waals surface area contributed by atoms with Crippen molar-refractivity contribution in [2.75, 3.05) is 20.2 Å². The summed E-state index contributed by atoms with van der Waals surface area (Å²) in [6.45, 7) is 1.34. The third-order valence-corrected chi connectivity index (χ3v) is 5.47. The number of rotatable bonds is 6. The molecule has 1 N–H and O–H groups in total. The van der Waals surface area contributed by atoms with Crippen molar-refractivity contribution in [1.82, 2.24) is 4.31 Å². The third kappa shape index (κ3) is 3.85. The first-order valence-electron chi connectivity index (χ1n) is 7.15. The van der Waals surface area contributed by atoms with Crippen LogP contribution in [0.4, 0.5) is 0 Å². The molecule has 6 heteroatoms. The summed E-state index contributed by atoms with van der Waals surface area (Å²) in [5.74, 6) is 0.00455. The number of hydrogen-bond donors (Lipinski definition) is 1. The number of aliphatic hydroxyl groups is 1. The number of sulfonamides is 1. The summed E-state index contributed by atoms with van der Waals surface area (Å²) in [6, 6.07) is 13.7. The molecular weight excluding hydrogens is 314 g/mol. The number of nitrogens with zero attached hydrogens (tertiary/aromatic N) is 1. The molecule has 0 saturated carbocycles. The first kappa shape index (κ1) is 17.3. The van der Waals surface area contributed by atoms with Crippen LogP contribution in [0.5, 0.6) is 0 Å². The highest BCUT2D eigenvalue weighted by Crippen LogP contribution is 2.23. The van der Waals surface area contributed by atoms with Crippen molar-refractivity contribution >= 4 is 15.8 Å². The van der Waals surface area contributed by atoms with Gasteiger partial charge in [-0.3, -0.25) is 4.79 Å². The zero-order valence-corrected chi connectivity index (χ0v) is 13.9. The standard InChI is InChI=1S/C17H19NO4S/c1-13(20)14-3-5-15(6-4-14)16-7-9-17(10-8-16)23(21,22)18(2)11-12-19/h3-10,19H,11-12H2,1-2H3. The zero-order chi connectivity index (χ0) is 17.0. The SMILES string of the molecule is CC(=O)c1ccc(-c2ccc(S(=O)(=O)N(C)CCO)cc2)cc1. The lowest BCUT2D eigenvalue weighted by molar-refractivity contribution is 0.101. The van der Waals surface area contributed by atoms with Gasteiger partial charge in [-0.15, -0.1) is 0 Å². The highest BCUT2D eigenvalue weighted by atomic mass is 32.2. The van der Waals surface area contributed by atoms with E-state index in [0.29, 0.717) is 5.56 Å². The molecule has 2 aromatic carbocycles. The smallest absolute Gasteiger partial charge is 0.242 e. The van der Waals surface area contributed by atoms with Gasteiger partial charge in [-0.2, -0.15) is 4.31 Å². The first-order chi connectivity index (χ1) is 10.9. The van der Waals surface area contributed by atoms with E-state index in [1.165, 1.54) is 26.1 Å². The molecule has 0 aliphatic carbocycles. The Morgan fingerprint density at radius 3 is 1.91 bits per heavy atom. The zero-order valence-electron chi connectivity index (χ0n) is 13.1. The van der Waals surface area contributed by atoms with Gasteiger partial charge in [0.1, 0.15) is 0 Å². The molecule has 23 heavy (non-hydrogen) atoms. The third-order valence-electron chi connectivity index (χ3n) is 3.60. The molecule has 0 unspecified atom stereocenters. The number of carbonyl (C=O) groups is 1. The largest absolute Gasteiger partial charge is 0.395 e. The summed E-state index contributed by atoms with van der Waals surface area (Å²) in [6.07, 6.45) is 0. The van der Waals surface area contributed by atoms with E-state index < -0.39 is 10.0 Å². The average molecular weight is 333 g/mol. The van der Waals surface area contributed by atoms with Crippen LogP contribution in [0.25, 0.3) is 11.1 Å². The van der Waals surface area contributed by atoms with E-state index in [-0.39, 0.29) is 23.8 Å². The Morgan fingerprint density at radius 2 is 1.48 bits per heavy atom. The summed E-state index contributed by atoms with van der Waals surface area (Å²) in [5.41, 5.74) is 2.41. The van der Waals surface area contributed by atoms with E-state index in [1.807, 2.05) is 12.1 Å². The summed E-state index contributed by atoms with van der Waals surface area (Å²) in [7, 11) is -2.16. The fourth-order valence-electron chi connectivity index (χ4n) is 2.16. The fourth-order valence-corrected chi connectivity index (χ4v) is 3.32. The van der Waals surface area contributed by atoms with Crippen molar-refractivity contribution in [2.45, 2.75) is 11.8 Å². The lowest BCUT2D eigenvalue weighted by atomic mass is 10.0. The van der Waals surface area contributed by atoms with Crippen LogP contribution in [0.1, 0.15) is 17.3 Å². The lowest BCUT2D eigenvalue weighted by Crippen LogP contribution is -2.29. The molecule has 0 fully saturated rings. The van der Waals surface area contributed by atoms with E-state index in [1.54, 1.807) is 24.3 Å². The van der Waals surface area contributed by atoms with Gasteiger partial charge in [-0.25, -0.2) is 8.42 Å². The van der Waals surface area contributed by atoms with Gasteiger partial charge in [0.25, 0.3) is 0 Å². The van der Waals surface area contributed by atoms with Crippen molar-refractivity contribution in [3.8, 4) is 11.1 Å². The molecule has 0 radical (unpaired) electrons. The quantitative estimate of drug-likeness (QED) is 0.822. The Kier molecular flexibility index (Phi) is 5.30. The second kappa shape index (κ2) is 7.04. The van der Waals surface area contributed by atoms with Crippen molar-refractivity contribution in [2.24, 2.45) is 0 Å². The number of benzene rings is 2. The van der Waals surface area contributed by atoms with Crippen molar-refractivity contribution < 1.29 is 18.3 Å². The van der Waals surface area contributed by atoms with E-state index in [0.717, 1.165) is 15.4 Å². The molecule has 0 spiro atoms. The Morgan fingerprint density at radius 1 is 1.00 bits per heavy atom. The van der Waals surface area contributed by atoms with Gasteiger partial charge in [0.2, 0.25) is 10.0 Å². The topological polar surface area (TPSA) is 74.7 Å². The average Bonchev–Trinajstić information content (AvgIpc) is 2.55. The Labute approximate surface area is 136 Å². The van der Waals surface area contributed by atoms with Gasteiger partial charge >= 0.3 is 0 Å². The molecular formula is C17H19NO4S. The summed E-state index contributed by atoms with van der Waals surface area (Å²) in [5, 5.41) is 8.87. The number of carbonyl (C=O) groups excluding carboxylic acids is 1. The molecule has 5 nitrogen and oxygen atoms in total. The van der Waals surface area contributed by atoms with Gasteiger partial charge in [0, 0.05) is 19.2 Å². The Hall–Kier alpha value is -2.02. The molecule has 0 saturated heterocycles. The van der Waals surface area contributed by atoms with Crippen LogP contribution in [0.2, 0.25) is 0 Å². The molecule has 0 aliphatic rings. The van der Waals surface area contributed by atoms with Crippen molar-refractivity contribution in [1.29, 1.82) is 0 Å². The van der Waals surface area contributed by atoms with Crippen LogP contribution in [0, 0.1) is 0 Å². The van der Waals surface area contributed by atoms with E-state index in [2.05, 4.69) is 0 Å². The molecule has 0 atom stereocenters.